The number of piperidine rings is 2. The van der Waals surface area contributed by atoms with E-state index in [0.717, 1.165) is 64.2 Å². The van der Waals surface area contributed by atoms with Gasteiger partial charge in [-0.05, 0) is 85.8 Å². The Morgan fingerprint density at radius 2 is 1.94 bits per heavy atom. The molecule has 2 heterocycles. The van der Waals surface area contributed by atoms with Crippen LogP contribution in [0.4, 0.5) is 8.78 Å². The number of carbonyl (C=O) groups is 1. The molecule has 35 heavy (non-hydrogen) atoms. The highest BCUT2D eigenvalue weighted by atomic mass is 19.1. The molecule has 1 spiro atoms. The van der Waals surface area contributed by atoms with Gasteiger partial charge in [-0.25, -0.2) is 8.78 Å². The van der Waals surface area contributed by atoms with E-state index in [1.807, 2.05) is 11.8 Å². The van der Waals surface area contributed by atoms with E-state index < -0.39 is 11.6 Å². The smallest absolute Gasteiger partial charge is 0.222 e. The van der Waals surface area contributed by atoms with Crippen molar-refractivity contribution in [2.24, 2.45) is 29.1 Å². The van der Waals surface area contributed by atoms with Gasteiger partial charge in [0.2, 0.25) is 5.91 Å². The largest absolute Gasteiger partial charge is 0.395 e. The van der Waals surface area contributed by atoms with Crippen molar-refractivity contribution in [2.45, 2.75) is 70.6 Å². The summed E-state index contributed by atoms with van der Waals surface area (Å²) in [6.07, 6.45) is 7.08. The number of ether oxygens (including phenoxy) is 1. The van der Waals surface area contributed by atoms with Crippen LogP contribution in [0.3, 0.4) is 0 Å². The van der Waals surface area contributed by atoms with Crippen LogP contribution in [0.2, 0.25) is 0 Å². The highest BCUT2D eigenvalue weighted by molar-refractivity contribution is 5.75. The summed E-state index contributed by atoms with van der Waals surface area (Å²) in [6.45, 7) is 4.54. The minimum absolute atomic E-state index is 0.0295. The number of aliphatic hydroxyl groups excluding tert-OH is 1. The predicted octanol–water partition coefficient (Wildman–Crippen LogP) is 4.23. The molecule has 0 radical (unpaired) electrons. The molecule has 0 aromatic heterocycles. The van der Waals surface area contributed by atoms with Gasteiger partial charge in [-0.15, -0.1) is 0 Å². The second kappa shape index (κ2) is 10.1. The van der Waals surface area contributed by atoms with Gasteiger partial charge in [0.15, 0.2) is 0 Å². The Labute approximate surface area is 207 Å². The van der Waals surface area contributed by atoms with Crippen molar-refractivity contribution in [1.82, 2.24) is 9.80 Å². The lowest BCUT2D eigenvalue weighted by Crippen LogP contribution is -2.62. The van der Waals surface area contributed by atoms with E-state index in [1.165, 1.54) is 12.1 Å². The van der Waals surface area contributed by atoms with Gasteiger partial charge >= 0.3 is 0 Å². The fourth-order valence-corrected chi connectivity index (χ4v) is 8.44. The monoisotopic (exact) mass is 490 g/mol. The molecule has 5 nitrogen and oxygen atoms in total. The van der Waals surface area contributed by atoms with Gasteiger partial charge in [0.05, 0.1) is 12.7 Å². The van der Waals surface area contributed by atoms with Crippen LogP contribution in [-0.2, 0) is 16.1 Å². The highest BCUT2D eigenvalue weighted by Crippen LogP contribution is 2.62. The molecule has 4 aliphatic rings. The number of fused-ring (bicyclic) bond motifs is 4. The van der Waals surface area contributed by atoms with Gasteiger partial charge in [-0.2, -0.15) is 0 Å². The van der Waals surface area contributed by atoms with Crippen molar-refractivity contribution in [2.75, 3.05) is 33.4 Å². The Hall–Kier alpha value is -1.57. The zero-order valence-electron chi connectivity index (χ0n) is 21.1. The minimum Gasteiger partial charge on any atom is -0.395 e. The van der Waals surface area contributed by atoms with Gasteiger partial charge in [0.25, 0.3) is 0 Å². The number of carbonyl (C=O) groups excluding carboxylic acids is 1. The number of halogens is 2. The first-order chi connectivity index (χ1) is 16.9. The number of nitrogens with zero attached hydrogens (tertiary/aromatic N) is 2. The van der Waals surface area contributed by atoms with Crippen molar-refractivity contribution in [3.8, 4) is 0 Å². The molecule has 6 atom stereocenters. The van der Waals surface area contributed by atoms with E-state index in [1.54, 1.807) is 7.11 Å². The lowest BCUT2D eigenvalue weighted by molar-refractivity contribution is -0.140. The Morgan fingerprint density at radius 1 is 1.17 bits per heavy atom. The molecule has 2 aliphatic heterocycles. The molecule has 2 aliphatic carbocycles. The molecule has 2 saturated heterocycles. The Kier molecular flexibility index (Phi) is 7.21. The Balaban J connectivity index is 1.47. The van der Waals surface area contributed by atoms with E-state index in [9.17, 15) is 18.7 Å². The van der Waals surface area contributed by atoms with Crippen molar-refractivity contribution >= 4 is 5.91 Å². The Bertz CT molecular complexity index is 919. The molecule has 5 unspecified atom stereocenters. The molecule has 1 aromatic carbocycles. The third kappa shape index (κ3) is 4.53. The summed E-state index contributed by atoms with van der Waals surface area (Å²) in [7, 11) is 1.81. The van der Waals surface area contributed by atoms with Crippen LogP contribution in [0, 0.1) is 40.7 Å². The maximum absolute atomic E-state index is 14.6. The van der Waals surface area contributed by atoms with Gasteiger partial charge in [0, 0.05) is 51.3 Å². The number of benzene rings is 1. The number of hydrogen-bond donors (Lipinski definition) is 1. The zero-order valence-corrected chi connectivity index (χ0v) is 21.1. The van der Waals surface area contributed by atoms with E-state index >= 15 is 0 Å². The van der Waals surface area contributed by atoms with Crippen LogP contribution in [0.5, 0.6) is 0 Å². The van der Waals surface area contributed by atoms with Gasteiger partial charge < -0.3 is 14.7 Å². The molecule has 4 fully saturated rings. The SMILES string of the molecule is CCC(=O)N1CCC2(CC1)CN(Cc1cc(F)ccc1F)[C@H](CO)C1CC3CC(OC)CCC3C12. The normalized spacial score (nSPS) is 34.6. The number of hydrogen-bond acceptors (Lipinski definition) is 4. The summed E-state index contributed by atoms with van der Waals surface area (Å²) < 4.78 is 34.4. The molecule has 194 valence electrons. The number of methoxy groups -OCH3 is 1. The summed E-state index contributed by atoms with van der Waals surface area (Å²) >= 11 is 0. The molecule has 7 heteroatoms. The highest BCUT2D eigenvalue weighted by Gasteiger charge is 2.60. The van der Waals surface area contributed by atoms with Crippen LogP contribution in [-0.4, -0.2) is 66.3 Å². The van der Waals surface area contributed by atoms with Gasteiger partial charge in [-0.3, -0.25) is 9.69 Å². The third-order valence-corrected chi connectivity index (χ3v) is 9.99. The average Bonchev–Trinajstić information content (AvgIpc) is 3.26. The minimum atomic E-state index is -0.435. The molecular weight excluding hydrogens is 450 g/mol. The van der Waals surface area contributed by atoms with Crippen LogP contribution in [0.1, 0.15) is 57.4 Å². The maximum atomic E-state index is 14.6. The average molecular weight is 491 g/mol. The zero-order chi connectivity index (χ0) is 24.7. The molecule has 0 bridgehead atoms. The van der Waals surface area contributed by atoms with E-state index in [0.29, 0.717) is 48.3 Å². The van der Waals surface area contributed by atoms with Crippen LogP contribution in [0.25, 0.3) is 0 Å². The quantitative estimate of drug-likeness (QED) is 0.671. The first-order valence-electron chi connectivity index (χ1n) is 13.5. The second-order valence-electron chi connectivity index (χ2n) is 11.5. The predicted molar refractivity (Wildman–Crippen MR) is 129 cm³/mol. The lowest BCUT2D eigenvalue weighted by atomic mass is 9.57. The third-order valence-electron chi connectivity index (χ3n) is 9.99. The lowest BCUT2D eigenvalue weighted by Gasteiger charge is -2.58. The first kappa shape index (κ1) is 25.1. The van der Waals surface area contributed by atoms with Gasteiger partial charge in [-0.1, -0.05) is 6.92 Å². The summed E-state index contributed by atoms with van der Waals surface area (Å²) in [5.41, 5.74) is 0.384. The first-order valence-corrected chi connectivity index (χ1v) is 13.5. The molecular formula is C28H40F2N2O3. The van der Waals surface area contributed by atoms with E-state index in [2.05, 4.69) is 4.90 Å². The Morgan fingerprint density at radius 3 is 2.63 bits per heavy atom. The number of rotatable bonds is 5. The van der Waals surface area contributed by atoms with Crippen molar-refractivity contribution in [1.29, 1.82) is 0 Å². The van der Waals surface area contributed by atoms with Crippen molar-refractivity contribution in [3.63, 3.8) is 0 Å². The fraction of sp³-hybridized carbons (Fsp3) is 0.750. The molecule has 1 N–H and O–H groups in total. The standard InChI is InChI=1S/C28H40F2N2O3/c1-3-26(34)31-10-8-28(9-11-31)17-32(15-19-12-20(29)4-7-24(19)30)25(16-33)23-14-18-13-21(35-2)5-6-22(18)27(23)28/h4,7,12,18,21-23,25,27,33H,3,5-6,8-11,13-17H2,1-2H3/t18?,21?,22?,23?,25-,27?/m1/s1. The molecule has 1 amide bonds. The molecule has 5 rings (SSSR count). The summed E-state index contributed by atoms with van der Waals surface area (Å²) in [5.74, 6) is 1.39. The van der Waals surface area contributed by atoms with E-state index in [4.69, 9.17) is 4.74 Å². The second-order valence-corrected chi connectivity index (χ2v) is 11.5. The van der Waals surface area contributed by atoms with Gasteiger partial charge in [0.1, 0.15) is 11.6 Å². The topological polar surface area (TPSA) is 53.0 Å². The van der Waals surface area contributed by atoms with Crippen molar-refractivity contribution < 1.29 is 23.4 Å². The van der Waals surface area contributed by atoms with Crippen LogP contribution >= 0.6 is 0 Å². The molecule has 1 aromatic rings. The van der Waals surface area contributed by atoms with E-state index in [-0.39, 0.29) is 24.0 Å². The summed E-state index contributed by atoms with van der Waals surface area (Å²) in [5, 5.41) is 10.6. The summed E-state index contributed by atoms with van der Waals surface area (Å²) in [6, 6.07) is 3.59. The summed E-state index contributed by atoms with van der Waals surface area (Å²) in [4.78, 5) is 16.7. The van der Waals surface area contributed by atoms with Crippen LogP contribution < -0.4 is 0 Å². The fourth-order valence-electron chi connectivity index (χ4n) is 8.44. The maximum Gasteiger partial charge on any atom is 0.222 e. The molecule has 2 saturated carbocycles. The number of likely N-dealkylation sites (tertiary alicyclic amines) is 2. The number of amides is 1. The van der Waals surface area contributed by atoms with Crippen LogP contribution in [0.15, 0.2) is 18.2 Å². The van der Waals surface area contributed by atoms with Crippen molar-refractivity contribution in [3.05, 3.63) is 35.4 Å². The number of aliphatic hydroxyl groups is 1.